The van der Waals surface area contributed by atoms with Gasteiger partial charge >= 0.3 is 10.8 Å². The maximum Gasteiger partial charge on any atom is 0.307 e. The van der Waals surface area contributed by atoms with Crippen LogP contribution in [0.1, 0.15) is 28.0 Å². The van der Waals surface area contributed by atoms with Gasteiger partial charge in [-0.05, 0) is 36.8 Å². The molecule has 0 fully saturated rings. The highest BCUT2D eigenvalue weighted by atomic mass is 32.1. The summed E-state index contributed by atoms with van der Waals surface area (Å²) >= 11 is 1.12. The molecule has 0 aliphatic rings. The Morgan fingerprint density at radius 3 is 2.43 bits per heavy atom. The summed E-state index contributed by atoms with van der Waals surface area (Å²) < 4.78 is 6.81. The van der Waals surface area contributed by atoms with Crippen LogP contribution in [0.15, 0.2) is 64.8 Å². The van der Waals surface area contributed by atoms with E-state index in [4.69, 9.17) is 4.74 Å². The van der Waals surface area contributed by atoms with Crippen molar-refractivity contribution in [2.45, 2.75) is 26.5 Å². The highest BCUT2D eigenvalue weighted by molar-refractivity contribution is 7.07. The Bertz CT molecular complexity index is 1010. The number of aryl methyl sites for hydroxylation is 1. The van der Waals surface area contributed by atoms with Crippen molar-refractivity contribution in [2.75, 3.05) is 5.32 Å². The van der Waals surface area contributed by atoms with E-state index in [9.17, 15) is 14.4 Å². The molecular weight excluding hydrogens is 376 g/mol. The number of ether oxygens (including phenoxy) is 1. The third-order valence-corrected chi connectivity index (χ3v) is 5.04. The van der Waals surface area contributed by atoms with Gasteiger partial charge in [-0.3, -0.25) is 14.4 Å². The van der Waals surface area contributed by atoms with Crippen molar-refractivity contribution in [3.05, 3.63) is 86.5 Å². The standard InChI is InChI=1S/C21H20N2O4S/c1-15-14-28-21(26)23(15)12-11-19(24)27-13-16-7-9-17(10-8-16)20(25)22-18-5-3-2-4-6-18/h2-10,14H,11-13H2,1H3,(H,22,25). The number of hydrogen-bond acceptors (Lipinski definition) is 5. The van der Waals surface area contributed by atoms with E-state index in [-0.39, 0.29) is 29.8 Å². The van der Waals surface area contributed by atoms with E-state index in [1.807, 2.05) is 37.3 Å². The summed E-state index contributed by atoms with van der Waals surface area (Å²) in [6.07, 6.45) is 0.134. The number of hydrogen-bond donors (Lipinski definition) is 1. The quantitative estimate of drug-likeness (QED) is 0.619. The molecule has 0 spiro atoms. The van der Waals surface area contributed by atoms with E-state index >= 15 is 0 Å². The molecule has 0 unspecified atom stereocenters. The summed E-state index contributed by atoms with van der Waals surface area (Å²) in [7, 11) is 0. The first-order valence-electron chi connectivity index (χ1n) is 8.79. The van der Waals surface area contributed by atoms with Crippen LogP contribution in [-0.2, 0) is 22.7 Å². The minimum absolute atomic E-state index is 0.0744. The van der Waals surface area contributed by atoms with E-state index in [1.165, 1.54) is 0 Å². The fourth-order valence-corrected chi connectivity index (χ4v) is 3.35. The molecule has 3 aromatic rings. The topological polar surface area (TPSA) is 77.4 Å². The average molecular weight is 396 g/mol. The number of carbonyl (C=O) groups is 2. The van der Waals surface area contributed by atoms with Gasteiger partial charge in [-0.2, -0.15) is 0 Å². The molecule has 0 saturated carbocycles. The van der Waals surface area contributed by atoms with Crippen LogP contribution in [0.3, 0.4) is 0 Å². The summed E-state index contributed by atoms with van der Waals surface area (Å²) in [5.41, 5.74) is 2.87. The van der Waals surface area contributed by atoms with Crippen molar-refractivity contribution in [3.8, 4) is 0 Å². The van der Waals surface area contributed by atoms with Crippen LogP contribution < -0.4 is 10.2 Å². The van der Waals surface area contributed by atoms with Crippen molar-refractivity contribution >= 4 is 28.9 Å². The Labute approximate surface area is 166 Å². The smallest absolute Gasteiger partial charge is 0.307 e. The molecule has 0 aliphatic heterocycles. The van der Waals surface area contributed by atoms with Crippen LogP contribution >= 0.6 is 11.3 Å². The second-order valence-electron chi connectivity index (χ2n) is 6.22. The van der Waals surface area contributed by atoms with Crippen molar-refractivity contribution in [3.63, 3.8) is 0 Å². The van der Waals surface area contributed by atoms with Gasteiger partial charge in [-0.15, -0.1) is 0 Å². The van der Waals surface area contributed by atoms with Crippen LogP contribution in [0.4, 0.5) is 5.69 Å². The predicted molar refractivity (Wildman–Crippen MR) is 109 cm³/mol. The fraction of sp³-hybridized carbons (Fsp3) is 0.190. The SMILES string of the molecule is Cc1csc(=O)n1CCC(=O)OCc1ccc(C(=O)Nc2ccccc2)cc1. The number of rotatable bonds is 7. The zero-order valence-electron chi connectivity index (χ0n) is 15.4. The van der Waals surface area contributed by atoms with Crippen LogP contribution in [-0.4, -0.2) is 16.4 Å². The van der Waals surface area contributed by atoms with Crippen molar-refractivity contribution in [2.24, 2.45) is 0 Å². The van der Waals surface area contributed by atoms with Crippen LogP contribution in [0, 0.1) is 6.92 Å². The monoisotopic (exact) mass is 396 g/mol. The van der Waals surface area contributed by atoms with E-state index in [2.05, 4.69) is 5.32 Å². The van der Waals surface area contributed by atoms with Crippen molar-refractivity contribution < 1.29 is 14.3 Å². The lowest BCUT2D eigenvalue weighted by molar-refractivity contribution is -0.145. The molecule has 144 valence electrons. The molecule has 1 aromatic heterocycles. The predicted octanol–water partition coefficient (Wildman–Crippen LogP) is 3.60. The lowest BCUT2D eigenvalue weighted by Crippen LogP contribution is -2.17. The number of thiazole rings is 1. The van der Waals surface area contributed by atoms with Gasteiger partial charge in [0.2, 0.25) is 0 Å². The molecule has 1 N–H and O–H groups in total. The zero-order valence-corrected chi connectivity index (χ0v) is 16.2. The molecule has 0 aliphatic carbocycles. The largest absolute Gasteiger partial charge is 0.461 e. The van der Waals surface area contributed by atoms with Crippen LogP contribution in [0.2, 0.25) is 0 Å². The molecule has 6 nitrogen and oxygen atoms in total. The minimum Gasteiger partial charge on any atom is -0.461 e. The third kappa shape index (κ3) is 5.17. The van der Waals surface area contributed by atoms with E-state index < -0.39 is 0 Å². The molecule has 7 heteroatoms. The number of aromatic nitrogens is 1. The Morgan fingerprint density at radius 1 is 1.07 bits per heavy atom. The normalized spacial score (nSPS) is 10.5. The van der Waals surface area contributed by atoms with Crippen LogP contribution in [0.25, 0.3) is 0 Å². The summed E-state index contributed by atoms with van der Waals surface area (Å²) in [4.78, 5) is 35.7. The Balaban J connectivity index is 1.48. The van der Waals surface area contributed by atoms with Gasteiger partial charge < -0.3 is 14.6 Å². The number of benzene rings is 2. The number of amides is 1. The number of nitrogens with zero attached hydrogens (tertiary/aromatic N) is 1. The zero-order chi connectivity index (χ0) is 19.9. The van der Waals surface area contributed by atoms with Gasteiger partial charge in [-0.1, -0.05) is 41.7 Å². The number of esters is 1. The highest BCUT2D eigenvalue weighted by Crippen LogP contribution is 2.11. The number of carbonyl (C=O) groups excluding carboxylic acids is 2. The van der Waals surface area contributed by atoms with Gasteiger partial charge in [-0.25, -0.2) is 0 Å². The summed E-state index contributed by atoms with van der Waals surface area (Å²) in [5.74, 6) is -0.574. The number of nitrogens with one attached hydrogen (secondary N) is 1. The maximum atomic E-state index is 12.2. The second-order valence-corrected chi connectivity index (χ2v) is 7.04. The molecular formula is C21H20N2O4S. The first-order valence-corrected chi connectivity index (χ1v) is 9.67. The molecule has 0 atom stereocenters. The lowest BCUT2D eigenvalue weighted by atomic mass is 10.1. The van der Waals surface area contributed by atoms with E-state index in [0.717, 1.165) is 28.3 Å². The second kappa shape index (κ2) is 9.14. The molecule has 0 radical (unpaired) electrons. The Morgan fingerprint density at radius 2 is 1.79 bits per heavy atom. The summed E-state index contributed by atoms with van der Waals surface area (Å²) in [5, 5.41) is 4.58. The summed E-state index contributed by atoms with van der Waals surface area (Å²) in [6, 6.07) is 16.1. The Hall–Kier alpha value is -3.19. The maximum absolute atomic E-state index is 12.2. The molecule has 0 saturated heterocycles. The van der Waals surface area contributed by atoms with Crippen molar-refractivity contribution in [1.29, 1.82) is 0 Å². The fourth-order valence-electron chi connectivity index (χ4n) is 2.59. The number of para-hydroxylation sites is 1. The number of anilines is 1. The third-order valence-electron chi connectivity index (χ3n) is 4.16. The Kier molecular flexibility index (Phi) is 6.39. The molecule has 28 heavy (non-hydrogen) atoms. The first-order chi connectivity index (χ1) is 13.5. The van der Waals surface area contributed by atoms with Crippen molar-refractivity contribution in [1.82, 2.24) is 4.57 Å². The molecule has 1 heterocycles. The minimum atomic E-state index is -0.372. The molecule has 3 rings (SSSR count). The van der Waals surface area contributed by atoms with Gasteiger partial charge in [0.1, 0.15) is 6.61 Å². The van der Waals surface area contributed by atoms with Gasteiger partial charge in [0.15, 0.2) is 0 Å². The van der Waals surface area contributed by atoms with Gasteiger partial charge in [0, 0.05) is 28.9 Å². The molecule has 2 aromatic carbocycles. The molecule has 0 bridgehead atoms. The lowest BCUT2D eigenvalue weighted by Gasteiger charge is -2.08. The van der Waals surface area contributed by atoms with Gasteiger partial charge in [0.25, 0.3) is 5.91 Å². The highest BCUT2D eigenvalue weighted by Gasteiger charge is 2.09. The van der Waals surface area contributed by atoms with E-state index in [0.29, 0.717) is 12.1 Å². The van der Waals surface area contributed by atoms with E-state index in [1.54, 1.807) is 34.2 Å². The summed E-state index contributed by atoms with van der Waals surface area (Å²) in [6.45, 7) is 2.27. The first kappa shape index (κ1) is 19.6. The van der Waals surface area contributed by atoms with Gasteiger partial charge in [0.05, 0.1) is 6.42 Å². The van der Waals surface area contributed by atoms with Crippen LogP contribution in [0.5, 0.6) is 0 Å². The average Bonchev–Trinajstić information content (AvgIpc) is 3.03. The molecule has 1 amide bonds.